The first-order chi connectivity index (χ1) is 13.8. The lowest BCUT2D eigenvalue weighted by atomic mass is 10.00. The summed E-state index contributed by atoms with van der Waals surface area (Å²) in [6.45, 7) is 3.78. The number of aliphatic hydroxyl groups excluding tert-OH is 1. The minimum atomic E-state index is -0.481. The predicted molar refractivity (Wildman–Crippen MR) is 112 cm³/mol. The average Bonchev–Trinajstić information content (AvgIpc) is 3.25. The number of rotatable bonds is 8. The Morgan fingerprint density at radius 2 is 1.89 bits per heavy atom. The molecule has 2 aliphatic rings. The molecule has 1 atom stereocenters. The van der Waals surface area contributed by atoms with E-state index >= 15 is 0 Å². The first-order valence-corrected chi connectivity index (χ1v) is 10.7. The minimum Gasteiger partial charge on any atom is -0.491 e. The highest BCUT2D eigenvalue weighted by Gasteiger charge is 2.19. The Balaban J connectivity index is 1.22. The van der Waals surface area contributed by atoms with Crippen LogP contribution in [0.2, 0.25) is 0 Å². The van der Waals surface area contributed by atoms with Gasteiger partial charge in [-0.05, 0) is 48.1 Å². The number of hydrogen-bond acceptors (Lipinski definition) is 4. The molecular weight excluding hydrogens is 348 g/mol. The van der Waals surface area contributed by atoms with Crippen molar-refractivity contribution >= 4 is 0 Å². The van der Waals surface area contributed by atoms with E-state index in [0.29, 0.717) is 19.2 Å². The monoisotopic (exact) mass is 380 g/mol. The summed E-state index contributed by atoms with van der Waals surface area (Å²) in [6.07, 6.45) is 5.86. The fourth-order valence-electron chi connectivity index (χ4n) is 4.39. The quantitative estimate of drug-likeness (QED) is 0.736. The van der Waals surface area contributed by atoms with E-state index in [1.54, 1.807) is 0 Å². The van der Waals surface area contributed by atoms with E-state index in [9.17, 15) is 5.11 Å². The molecule has 1 aliphatic carbocycles. The molecule has 1 heterocycles. The Morgan fingerprint density at radius 3 is 2.75 bits per heavy atom. The summed E-state index contributed by atoms with van der Waals surface area (Å²) < 4.78 is 5.89. The molecule has 1 fully saturated rings. The lowest BCUT2D eigenvalue weighted by Crippen LogP contribution is -2.38. The predicted octanol–water partition coefficient (Wildman–Crippen LogP) is 3.52. The molecule has 0 radical (unpaired) electrons. The first kappa shape index (κ1) is 19.4. The molecule has 0 amide bonds. The summed E-state index contributed by atoms with van der Waals surface area (Å²) in [6, 6.07) is 17.5. The number of benzene rings is 2. The van der Waals surface area contributed by atoms with Gasteiger partial charge in [-0.2, -0.15) is 0 Å². The molecular formula is C24H32N2O2. The summed E-state index contributed by atoms with van der Waals surface area (Å²) >= 11 is 0. The van der Waals surface area contributed by atoms with E-state index in [0.717, 1.165) is 31.8 Å². The molecule has 0 spiro atoms. The summed E-state index contributed by atoms with van der Waals surface area (Å²) in [7, 11) is 0. The number of nitrogens with zero attached hydrogens (tertiary/aromatic N) is 1. The van der Waals surface area contributed by atoms with Gasteiger partial charge in [0.05, 0.1) is 0 Å². The highest BCUT2D eigenvalue weighted by Crippen LogP contribution is 2.20. The van der Waals surface area contributed by atoms with Gasteiger partial charge in [-0.15, -0.1) is 0 Å². The van der Waals surface area contributed by atoms with Crippen molar-refractivity contribution in [3.05, 3.63) is 65.2 Å². The molecule has 4 rings (SSSR count). The molecule has 2 aromatic rings. The minimum absolute atomic E-state index is 0.331. The maximum Gasteiger partial charge on any atom is 0.119 e. The molecule has 2 aromatic carbocycles. The van der Waals surface area contributed by atoms with Crippen LogP contribution in [0.3, 0.4) is 0 Å². The first-order valence-electron chi connectivity index (χ1n) is 10.7. The Bertz CT molecular complexity index is 758. The van der Waals surface area contributed by atoms with E-state index < -0.39 is 6.10 Å². The number of fused-ring (bicyclic) bond motifs is 1. The third-order valence-electron chi connectivity index (χ3n) is 5.97. The van der Waals surface area contributed by atoms with Crippen molar-refractivity contribution in [1.29, 1.82) is 0 Å². The fourth-order valence-corrected chi connectivity index (χ4v) is 4.39. The third kappa shape index (κ3) is 5.34. The lowest BCUT2D eigenvalue weighted by molar-refractivity contribution is 0.0637. The number of hydrogen-bond donors (Lipinski definition) is 2. The molecule has 1 saturated carbocycles. The largest absolute Gasteiger partial charge is 0.491 e. The fraction of sp³-hybridized carbons (Fsp3) is 0.500. The number of nitrogens with one attached hydrogen (secondary N) is 1. The molecule has 4 heteroatoms. The molecule has 0 aromatic heterocycles. The molecule has 28 heavy (non-hydrogen) atoms. The van der Waals surface area contributed by atoms with Crippen molar-refractivity contribution < 1.29 is 9.84 Å². The number of aliphatic hydroxyl groups is 1. The molecule has 0 unspecified atom stereocenters. The van der Waals surface area contributed by atoms with Gasteiger partial charge >= 0.3 is 0 Å². The Hall–Kier alpha value is -1.88. The van der Waals surface area contributed by atoms with Crippen LogP contribution in [-0.4, -0.2) is 41.8 Å². The normalized spacial score (nSPS) is 18.8. The van der Waals surface area contributed by atoms with Crippen LogP contribution in [-0.2, 0) is 19.5 Å². The maximum atomic E-state index is 10.4. The smallest absolute Gasteiger partial charge is 0.119 e. The van der Waals surface area contributed by atoms with Crippen LogP contribution in [0.25, 0.3) is 0 Å². The topological polar surface area (TPSA) is 44.7 Å². The van der Waals surface area contributed by atoms with Crippen molar-refractivity contribution in [2.75, 3.05) is 19.7 Å². The highest BCUT2D eigenvalue weighted by molar-refractivity contribution is 5.29. The van der Waals surface area contributed by atoms with Crippen molar-refractivity contribution in [3.8, 4) is 5.75 Å². The van der Waals surface area contributed by atoms with Crippen LogP contribution in [0.15, 0.2) is 48.5 Å². The van der Waals surface area contributed by atoms with Crippen LogP contribution >= 0.6 is 0 Å². The molecule has 1 aliphatic heterocycles. The van der Waals surface area contributed by atoms with E-state index in [4.69, 9.17) is 4.74 Å². The van der Waals surface area contributed by atoms with E-state index in [1.807, 2.05) is 12.1 Å². The van der Waals surface area contributed by atoms with Gasteiger partial charge in [-0.25, -0.2) is 0 Å². The Morgan fingerprint density at radius 1 is 1.07 bits per heavy atom. The van der Waals surface area contributed by atoms with Gasteiger partial charge in [-0.3, -0.25) is 4.90 Å². The van der Waals surface area contributed by atoms with Gasteiger partial charge in [0.2, 0.25) is 0 Å². The number of ether oxygens (including phenoxy) is 1. The van der Waals surface area contributed by atoms with Gasteiger partial charge in [0, 0.05) is 32.2 Å². The van der Waals surface area contributed by atoms with Crippen molar-refractivity contribution in [1.82, 2.24) is 10.2 Å². The zero-order valence-corrected chi connectivity index (χ0v) is 16.6. The maximum absolute atomic E-state index is 10.4. The van der Waals surface area contributed by atoms with Crippen molar-refractivity contribution in [3.63, 3.8) is 0 Å². The lowest BCUT2D eigenvalue weighted by Gasteiger charge is -2.30. The second-order valence-corrected chi connectivity index (χ2v) is 8.23. The van der Waals surface area contributed by atoms with Gasteiger partial charge in [-0.1, -0.05) is 49.2 Å². The Labute approximate surface area is 168 Å². The van der Waals surface area contributed by atoms with Gasteiger partial charge in [0.25, 0.3) is 0 Å². The van der Waals surface area contributed by atoms with Gasteiger partial charge in [0.1, 0.15) is 18.5 Å². The second-order valence-electron chi connectivity index (χ2n) is 8.23. The van der Waals surface area contributed by atoms with Crippen molar-refractivity contribution in [2.45, 2.75) is 57.3 Å². The van der Waals surface area contributed by atoms with Crippen molar-refractivity contribution in [2.24, 2.45) is 0 Å². The van der Waals surface area contributed by atoms with Crippen LogP contribution in [0.4, 0.5) is 0 Å². The molecule has 0 saturated heterocycles. The van der Waals surface area contributed by atoms with Crippen LogP contribution in [0, 0.1) is 0 Å². The summed E-state index contributed by atoms with van der Waals surface area (Å²) in [5.74, 6) is 0.841. The molecule has 2 N–H and O–H groups in total. The van der Waals surface area contributed by atoms with Gasteiger partial charge < -0.3 is 15.2 Å². The summed E-state index contributed by atoms with van der Waals surface area (Å²) in [4.78, 5) is 2.32. The second kappa shape index (κ2) is 9.55. The van der Waals surface area contributed by atoms with Crippen LogP contribution in [0.5, 0.6) is 5.75 Å². The zero-order valence-electron chi connectivity index (χ0n) is 16.6. The third-order valence-corrected chi connectivity index (χ3v) is 5.97. The molecule has 150 valence electrons. The molecule has 0 bridgehead atoms. The van der Waals surface area contributed by atoms with Crippen LogP contribution in [0.1, 0.15) is 42.4 Å². The standard InChI is InChI=1S/C24H32N2O2/c27-23(17-26-13-12-20-7-1-2-8-21(20)16-26)18-28-24-11-5-6-19(14-24)15-25-22-9-3-4-10-22/h1-2,5-8,11,14,22-23,25,27H,3-4,9-10,12-13,15-18H2/t23-/m0/s1. The summed E-state index contributed by atoms with van der Waals surface area (Å²) in [5, 5.41) is 14.1. The van der Waals surface area contributed by atoms with E-state index in [2.05, 4.69) is 46.6 Å². The van der Waals surface area contributed by atoms with E-state index in [-0.39, 0.29) is 0 Å². The Kier molecular flexibility index (Phi) is 6.63. The summed E-state index contributed by atoms with van der Waals surface area (Å²) in [5.41, 5.74) is 4.06. The van der Waals surface area contributed by atoms with E-state index in [1.165, 1.54) is 42.4 Å². The highest BCUT2D eigenvalue weighted by atomic mass is 16.5. The van der Waals surface area contributed by atoms with Crippen LogP contribution < -0.4 is 10.1 Å². The SMILES string of the molecule is O[C@H](COc1cccc(CNC2CCCC2)c1)CN1CCc2ccccc2C1. The van der Waals surface area contributed by atoms with Gasteiger partial charge in [0.15, 0.2) is 0 Å². The molecule has 4 nitrogen and oxygen atoms in total. The zero-order chi connectivity index (χ0) is 19.2. The average molecular weight is 381 g/mol. The number of β-amino-alcohol motifs (C(OH)–C–C–N with tert-alkyl or cyclic N) is 1.